The van der Waals surface area contributed by atoms with Gasteiger partial charge in [-0.05, 0) is 128 Å². The zero-order valence-electron chi connectivity index (χ0n) is 25.2. The number of carboxylic acids is 1. The van der Waals surface area contributed by atoms with Crippen molar-refractivity contribution in [3.05, 3.63) is 41.4 Å². The number of carboxylic acid groups (broad SMARTS) is 1. The summed E-state index contributed by atoms with van der Waals surface area (Å²) < 4.78 is 5.65. The van der Waals surface area contributed by atoms with Crippen molar-refractivity contribution in [3.8, 4) is 0 Å². The van der Waals surface area contributed by atoms with Gasteiger partial charge in [0, 0.05) is 5.41 Å². The average molecular weight is 533 g/mol. The summed E-state index contributed by atoms with van der Waals surface area (Å²) in [6.07, 6.45) is 15.2. The Balaban J connectivity index is 1.43. The van der Waals surface area contributed by atoms with Gasteiger partial charge in [-0.1, -0.05) is 53.2 Å². The number of hydrogen-bond donors (Lipinski definition) is 1. The van der Waals surface area contributed by atoms with E-state index in [0.717, 1.165) is 56.3 Å². The fourth-order valence-corrected chi connectivity index (χ4v) is 11.1. The van der Waals surface area contributed by atoms with Crippen LogP contribution in [0.25, 0.3) is 6.08 Å². The Labute approximate surface area is 234 Å². The van der Waals surface area contributed by atoms with E-state index in [-0.39, 0.29) is 27.4 Å². The predicted molar refractivity (Wildman–Crippen MR) is 154 cm³/mol. The molecule has 4 saturated carbocycles. The molecule has 4 heteroatoms. The molecule has 4 fully saturated rings. The van der Waals surface area contributed by atoms with Crippen LogP contribution in [-0.2, 0) is 9.59 Å². The van der Waals surface area contributed by atoms with Gasteiger partial charge in [0.1, 0.15) is 5.76 Å². The van der Waals surface area contributed by atoms with E-state index in [9.17, 15) is 14.7 Å². The number of rotatable bonds is 2. The molecule has 6 rings (SSSR count). The number of hydrogen-bond acceptors (Lipinski definition) is 3. The molecule has 0 amide bonds. The highest BCUT2D eigenvalue weighted by Gasteiger charge is 2.68. The molecule has 1 heterocycles. The fraction of sp³-hybridized carbons (Fsp3) is 0.714. The normalized spacial score (nSPS) is 47.9. The maximum atomic E-state index is 13.8. The van der Waals surface area contributed by atoms with Crippen LogP contribution in [0.3, 0.4) is 0 Å². The van der Waals surface area contributed by atoms with Crippen molar-refractivity contribution in [3.63, 3.8) is 0 Å². The van der Waals surface area contributed by atoms with Gasteiger partial charge in [0.15, 0.2) is 5.78 Å². The van der Waals surface area contributed by atoms with Crippen LogP contribution in [0, 0.1) is 50.2 Å². The molecule has 212 valence electrons. The van der Waals surface area contributed by atoms with Crippen LogP contribution in [0.5, 0.6) is 0 Å². The molecule has 1 aromatic rings. The Morgan fingerprint density at radius 2 is 1.72 bits per heavy atom. The SMILES string of the molecule is CC1(C)C(=O)/C(=C\c2ccco2)C[C@]2(C)[C@H]3CC=C4[C@@H]5C[C@](C)(C(=O)O)CC[C@]5(C)CC[C@@]4(C)[C@]3(C)CC[C@@H]12. The highest BCUT2D eigenvalue weighted by Crippen LogP contribution is 2.75. The third-order valence-electron chi connectivity index (χ3n) is 13.8. The Hall–Kier alpha value is -2.10. The molecule has 0 unspecified atom stereocenters. The summed E-state index contributed by atoms with van der Waals surface area (Å²) in [5.41, 5.74) is 1.83. The Bertz CT molecular complexity index is 1270. The number of fused-ring (bicyclic) bond motifs is 7. The van der Waals surface area contributed by atoms with Crippen LogP contribution in [0.2, 0.25) is 0 Å². The molecule has 5 aliphatic carbocycles. The van der Waals surface area contributed by atoms with Gasteiger partial charge in [0.2, 0.25) is 0 Å². The van der Waals surface area contributed by atoms with Crippen LogP contribution in [0.1, 0.15) is 112 Å². The quantitative estimate of drug-likeness (QED) is 0.305. The standard InChI is InChI=1S/C35H48O4/c1-30(2)26-12-13-35(7)27(33(26,5)20-22(28(30)36)19-23-9-8-18-39-23)11-10-24-25-21-32(4,29(37)38)15-14-31(25,3)16-17-34(24,35)6/h8-10,18-19,25-27H,11-17,20-21H2,1-7H3,(H,37,38)/b22-19-/t25-,26-,27+,31+,32+,33-,34+,35+/m0/s1. The van der Waals surface area contributed by atoms with Gasteiger partial charge in [0.05, 0.1) is 11.7 Å². The van der Waals surface area contributed by atoms with E-state index in [2.05, 4.69) is 47.6 Å². The van der Waals surface area contributed by atoms with Gasteiger partial charge in [-0.25, -0.2) is 0 Å². The second-order valence-corrected chi connectivity index (χ2v) is 16.0. The molecule has 5 aliphatic rings. The lowest BCUT2D eigenvalue weighted by Crippen LogP contribution is -2.64. The van der Waals surface area contributed by atoms with E-state index in [1.165, 1.54) is 12.8 Å². The summed E-state index contributed by atoms with van der Waals surface area (Å²) in [6, 6.07) is 3.83. The van der Waals surface area contributed by atoms with Crippen molar-refractivity contribution < 1.29 is 19.1 Å². The van der Waals surface area contributed by atoms with Crippen molar-refractivity contribution >= 4 is 17.8 Å². The average Bonchev–Trinajstić information content (AvgIpc) is 3.37. The summed E-state index contributed by atoms with van der Waals surface area (Å²) in [5, 5.41) is 10.2. The predicted octanol–water partition coefficient (Wildman–Crippen LogP) is 8.73. The molecule has 0 radical (unpaired) electrons. The topological polar surface area (TPSA) is 67.5 Å². The summed E-state index contributed by atoms with van der Waals surface area (Å²) in [6.45, 7) is 16.4. The molecule has 0 bridgehead atoms. The Morgan fingerprint density at radius 3 is 2.38 bits per heavy atom. The van der Waals surface area contributed by atoms with Crippen LogP contribution in [0.4, 0.5) is 0 Å². The lowest BCUT2D eigenvalue weighted by molar-refractivity contribution is -0.178. The Kier molecular flexibility index (Phi) is 5.71. The zero-order chi connectivity index (χ0) is 28.2. The highest BCUT2D eigenvalue weighted by atomic mass is 16.4. The first-order valence-corrected chi connectivity index (χ1v) is 15.3. The van der Waals surface area contributed by atoms with Gasteiger partial charge < -0.3 is 9.52 Å². The highest BCUT2D eigenvalue weighted by molar-refractivity contribution is 6.04. The lowest BCUT2D eigenvalue weighted by atomic mass is 9.33. The number of furan rings is 1. The molecule has 1 N–H and O–H groups in total. The van der Waals surface area contributed by atoms with Gasteiger partial charge in [0.25, 0.3) is 0 Å². The first-order chi connectivity index (χ1) is 18.1. The van der Waals surface area contributed by atoms with E-state index in [4.69, 9.17) is 4.42 Å². The van der Waals surface area contributed by atoms with Crippen LogP contribution >= 0.6 is 0 Å². The van der Waals surface area contributed by atoms with Crippen molar-refractivity contribution in [2.24, 2.45) is 50.2 Å². The largest absolute Gasteiger partial charge is 0.481 e. The van der Waals surface area contributed by atoms with Crippen LogP contribution in [0.15, 0.2) is 40.0 Å². The molecule has 8 atom stereocenters. The first-order valence-electron chi connectivity index (χ1n) is 15.3. The van der Waals surface area contributed by atoms with Crippen molar-refractivity contribution in [1.82, 2.24) is 0 Å². The minimum Gasteiger partial charge on any atom is -0.481 e. The molecule has 0 saturated heterocycles. The third-order valence-corrected chi connectivity index (χ3v) is 13.8. The fourth-order valence-electron chi connectivity index (χ4n) is 11.1. The number of Topliss-reactive ketones (excluding diaryl/α,β-unsaturated/α-hetero) is 1. The summed E-state index contributed by atoms with van der Waals surface area (Å²) in [5.74, 6) is 1.58. The molecule has 4 nitrogen and oxygen atoms in total. The molecular formula is C35H48O4. The maximum absolute atomic E-state index is 13.8. The molecule has 39 heavy (non-hydrogen) atoms. The van der Waals surface area contributed by atoms with Gasteiger partial charge in [-0.3, -0.25) is 9.59 Å². The van der Waals surface area contributed by atoms with E-state index in [1.807, 2.05) is 25.1 Å². The molecule has 0 aliphatic heterocycles. The second kappa shape index (κ2) is 8.23. The summed E-state index contributed by atoms with van der Waals surface area (Å²) >= 11 is 0. The number of allylic oxidation sites excluding steroid dienone is 3. The minimum atomic E-state index is -0.635. The molecule has 0 aromatic carbocycles. The minimum absolute atomic E-state index is 0.0107. The van der Waals surface area contributed by atoms with E-state index in [1.54, 1.807) is 11.8 Å². The number of aliphatic carboxylic acids is 1. The van der Waals surface area contributed by atoms with Crippen LogP contribution in [-0.4, -0.2) is 16.9 Å². The smallest absolute Gasteiger partial charge is 0.309 e. The molecule has 1 aromatic heterocycles. The van der Waals surface area contributed by atoms with Gasteiger partial charge >= 0.3 is 5.97 Å². The van der Waals surface area contributed by atoms with E-state index < -0.39 is 16.8 Å². The molecule has 0 spiro atoms. The zero-order valence-corrected chi connectivity index (χ0v) is 25.2. The second-order valence-electron chi connectivity index (χ2n) is 16.0. The monoisotopic (exact) mass is 532 g/mol. The molecular weight excluding hydrogens is 484 g/mol. The summed E-state index contributed by atoms with van der Waals surface area (Å²) in [4.78, 5) is 26.2. The summed E-state index contributed by atoms with van der Waals surface area (Å²) in [7, 11) is 0. The van der Waals surface area contributed by atoms with Crippen molar-refractivity contribution in [1.29, 1.82) is 0 Å². The number of carbonyl (C=O) groups is 2. The number of carbonyl (C=O) groups excluding carboxylic acids is 1. The van der Waals surface area contributed by atoms with Gasteiger partial charge in [-0.2, -0.15) is 0 Å². The van der Waals surface area contributed by atoms with E-state index in [0.29, 0.717) is 17.8 Å². The first kappa shape index (κ1) is 27.1. The van der Waals surface area contributed by atoms with E-state index >= 15 is 0 Å². The van der Waals surface area contributed by atoms with Crippen LogP contribution < -0.4 is 0 Å². The lowest BCUT2D eigenvalue weighted by Gasteiger charge is -2.70. The maximum Gasteiger partial charge on any atom is 0.309 e. The van der Waals surface area contributed by atoms with Gasteiger partial charge in [-0.15, -0.1) is 0 Å². The number of ketones is 1. The third kappa shape index (κ3) is 3.48. The van der Waals surface area contributed by atoms with Crippen molar-refractivity contribution in [2.75, 3.05) is 0 Å². The Morgan fingerprint density at radius 1 is 1.00 bits per heavy atom. The van der Waals surface area contributed by atoms with Crippen molar-refractivity contribution in [2.45, 2.75) is 106 Å².